The number of methoxy groups -OCH3 is 1. The minimum Gasteiger partial charge on any atom is -0.504 e. The molecule has 2 aromatic carbocycles. The molecule has 3 rings (SSSR count). The van der Waals surface area contributed by atoms with Crippen LogP contribution in [-0.2, 0) is 6.54 Å². The molecule has 0 radical (unpaired) electrons. The highest BCUT2D eigenvalue weighted by molar-refractivity contribution is 6.30. The van der Waals surface area contributed by atoms with Crippen molar-refractivity contribution in [1.82, 2.24) is 0 Å². The van der Waals surface area contributed by atoms with Crippen LogP contribution in [0.15, 0.2) is 42.5 Å². The van der Waals surface area contributed by atoms with Crippen molar-refractivity contribution in [2.75, 3.05) is 38.2 Å². The van der Waals surface area contributed by atoms with Gasteiger partial charge in [0.25, 0.3) is 0 Å². The molecule has 4 nitrogen and oxygen atoms in total. The maximum Gasteiger partial charge on any atom is 0.160 e. The van der Waals surface area contributed by atoms with E-state index < -0.39 is 0 Å². The van der Waals surface area contributed by atoms with Gasteiger partial charge in [-0.2, -0.15) is 0 Å². The lowest BCUT2D eigenvalue weighted by atomic mass is 10.1. The Kier molecular flexibility index (Phi) is 4.94. The lowest BCUT2D eigenvalue weighted by Crippen LogP contribution is -3.13. The molecule has 0 aromatic heterocycles. The number of phenolic OH excluding ortho intramolecular Hbond substituents is 1. The van der Waals surface area contributed by atoms with Crippen LogP contribution in [0.25, 0.3) is 0 Å². The van der Waals surface area contributed by atoms with Crippen molar-refractivity contribution in [2.45, 2.75) is 6.54 Å². The second kappa shape index (κ2) is 7.11. The number of hydrogen-bond donors (Lipinski definition) is 2. The van der Waals surface area contributed by atoms with E-state index in [9.17, 15) is 5.11 Å². The highest BCUT2D eigenvalue weighted by atomic mass is 35.5. The third kappa shape index (κ3) is 3.89. The van der Waals surface area contributed by atoms with Gasteiger partial charge in [-0.05, 0) is 36.4 Å². The lowest BCUT2D eigenvalue weighted by Gasteiger charge is -2.33. The summed E-state index contributed by atoms with van der Waals surface area (Å²) in [5.41, 5.74) is 2.38. The van der Waals surface area contributed by atoms with Gasteiger partial charge in [-0.25, -0.2) is 0 Å². The molecule has 2 N–H and O–H groups in total. The fourth-order valence-electron chi connectivity index (χ4n) is 3.05. The molecule has 0 spiro atoms. The predicted molar refractivity (Wildman–Crippen MR) is 92.7 cm³/mol. The normalized spacial score (nSPS) is 15.7. The van der Waals surface area contributed by atoms with Crippen molar-refractivity contribution in [1.29, 1.82) is 0 Å². The van der Waals surface area contributed by atoms with Crippen LogP contribution in [-0.4, -0.2) is 38.4 Å². The summed E-state index contributed by atoms with van der Waals surface area (Å²) in [7, 11) is 1.58. The van der Waals surface area contributed by atoms with E-state index in [0.717, 1.165) is 37.7 Å². The van der Waals surface area contributed by atoms with E-state index in [1.54, 1.807) is 13.2 Å². The van der Waals surface area contributed by atoms with Crippen LogP contribution in [0.3, 0.4) is 0 Å². The van der Waals surface area contributed by atoms with Crippen LogP contribution in [0.5, 0.6) is 11.5 Å². The summed E-state index contributed by atoms with van der Waals surface area (Å²) in [5, 5.41) is 10.5. The Bertz CT molecular complexity index is 670. The fraction of sp³-hybridized carbons (Fsp3) is 0.333. The zero-order chi connectivity index (χ0) is 16.2. The molecular formula is C18H22ClN2O2+. The molecule has 0 unspecified atom stereocenters. The van der Waals surface area contributed by atoms with E-state index in [1.807, 2.05) is 30.3 Å². The zero-order valence-electron chi connectivity index (χ0n) is 13.3. The highest BCUT2D eigenvalue weighted by Crippen LogP contribution is 2.26. The van der Waals surface area contributed by atoms with Crippen molar-refractivity contribution >= 4 is 17.3 Å². The summed E-state index contributed by atoms with van der Waals surface area (Å²) in [5.74, 6) is 0.733. The van der Waals surface area contributed by atoms with Gasteiger partial charge in [-0.1, -0.05) is 17.7 Å². The van der Waals surface area contributed by atoms with Gasteiger partial charge in [0.1, 0.15) is 6.54 Å². The second-order valence-electron chi connectivity index (χ2n) is 5.90. The molecule has 23 heavy (non-hydrogen) atoms. The van der Waals surface area contributed by atoms with Crippen molar-refractivity contribution < 1.29 is 14.7 Å². The molecular weight excluding hydrogens is 312 g/mol. The maximum atomic E-state index is 9.67. The van der Waals surface area contributed by atoms with Crippen LogP contribution in [0.2, 0.25) is 5.02 Å². The quantitative estimate of drug-likeness (QED) is 0.898. The number of benzene rings is 2. The van der Waals surface area contributed by atoms with Crippen LogP contribution in [0, 0.1) is 0 Å². The summed E-state index contributed by atoms with van der Waals surface area (Å²) in [6, 6.07) is 13.6. The third-order valence-corrected chi connectivity index (χ3v) is 4.58. The summed E-state index contributed by atoms with van der Waals surface area (Å²) in [4.78, 5) is 3.92. The van der Waals surface area contributed by atoms with E-state index in [0.29, 0.717) is 5.75 Å². The Labute approximate surface area is 141 Å². The minimum absolute atomic E-state index is 0.192. The smallest absolute Gasteiger partial charge is 0.160 e. The summed E-state index contributed by atoms with van der Waals surface area (Å²) in [6.45, 7) is 5.14. The Morgan fingerprint density at radius 3 is 2.65 bits per heavy atom. The summed E-state index contributed by atoms with van der Waals surface area (Å²) >= 11 is 6.08. The van der Waals surface area contributed by atoms with E-state index in [4.69, 9.17) is 16.3 Å². The van der Waals surface area contributed by atoms with E-state index in [2.05, 4.69) is 11.0 Å². The summed E-state index contributed by atoms with van der Waals surface area (Å²) in [6.07, 6.45) is 0. The number of rotatable bonds is 4. The third-order valence-electron chi connectivity index (χ3n) is 4.34. The first-order valence-electron chi connectivity index (χ1n) is 7.85. The molecule has 1 aliphatic heterocycles. The average molecular weight is 334 g/mol. The van der Waals surface area contributed by atoms with Crippen molar-refractivity contribution in [2.24, 2.45) is 0 Å². The van der Waals surface area contributed by atoms with Gasteiger partial charge < -0.3 is 19.6 Å². The Morgan fingerprint density at radius 2 is 1.96 bits per heavy atom. The van der Waals surface area contributed by atoms with Crippen LogP contribution in [0.1, 0.15) is 5.56 Å². The molecule has 0 atom stereocenters. The molecule has 1 fully saturated rings. The Balaban J connectivity index is 1.59. The van der Waals surface area contributed by atoms with Gasteiger partial charge in [0.15, 0.2) is 11.5 Å². The number of quaternary nitrogens is 1. The van der Waals surface area contributed by atoms with Crippen molar-refractivity contribution in [3.63, 3.8) is 0 Å². The van der Waals surface area contributed by atoms with E-state index >= 15 is 0 Å². The second-order valence-corrected chi connectivity index (χ2v) is 6.34. The van der Waals surface area contributed by atoms with Crippen LogP contribution >= 0.6 is 11.6 Å². The lowest BCUT2D eigenvalue weighted by molar-refractivity contribution is -0.914. The molecule has 5 heteroatoms. The molecule has 0 aliphatic carbocycles. The SMILES string of the molecule is COc1cc(C[NH+]2CCN(c3cccc(Cl)c3)CC2)ccc1O. The first-order chi connectivity index (χ1) is 11.2. The van der Waals surface area contributed by atoms with Gasteiger partial charge in [0.2, 0.25) is 0 Å². The number of halogens is 1. The number of ether oxygens (including phenoxy) is 1. The number of anilines is 1. The molecule has 1 heterocycles. The number of hydrogen-bond acceptors (Lipinski definition) is 3. The fourth-order valence-corrected chi connectivity index (χ4v) is 3.24. The first-order valence-corrected chi connectivity index (χ1v) is 8.23. The van der Waals surface area contributed by atoms with Crippen LogP contribution in [0.4, 0.5) is 5.69 Å². The first kappa shape index (κ1) is 16.0. The molecule has 0 bridgehead atoms. The number of nitrogens with zero attached hydrogens (tertiary/aromatic N) is 1. The highest BCUT2D eigenvalue weighted by Gasteiger charge is 2.20. The van der Waals surface area contributed by atoms with Gasteiger partial charge in [-0.15, -0.1) is 0 Å². The average Bonchev–Trinajstić information content (AvgIpc) is 2.57. The van der Waals surface area contributed by atoms with Gasteiger partial charge >= 0.3 is 0 Å². The number of nitrogens with one attached hydrogen (secondary N) is 1. The minimum atomic E-state index is 0.192. The molecule has 0 amide bonds. The molecule has 0 saturated carbocycles. The topological polar surface area (TPSA) is 37.1 Å². The molecule has 122 valence electrons. The zero-order valence-corrected chi connectivity index (χ0v) is 14.0. The number of phenols is 1. The van der Waals surface area contributed by atoms with Gasteiger partial charge in [0.05, 0.1) is 33.3 Å². The van der Waals surface area contributed by atoms with Gasteiger partial charge in [0, 0.05) is 16.3 Å². The Hall–Kier alpha value is -1.91. The summed E-state index contributed by atoms with van der Waals surface area (Å²) < 4.78 is 5.18. The molecule has 1 aliphatic rings. The molecule has 1 saturated heterocycles. The largest absolute Gasteiger partial charge is 0.504 e. The van der Waals surface area contributed by atoms with E-state index in [1.165, 1.54) is 16.2 Å². The maximum absolute atomic E-state index is 9.67. The Morgan fingerprint density at radius 1 is 1.17 bits per heavy atom. The number of piperazine rings is 1. The standard InChI is InChI=1S/C18H21ClN2O2/c1-23-18-11-14(5-6-17(18)22)13-20-7-9-21(10-8-20)16-4-2-3-15(19)12-16/h2-6,11-12,22H,7-10,13H2,1H3/p+1. The van der Waals surface area contributed by atoms with Gasteiger partial charge in [-0.3, -0.25) is 0 Å². The van der Waals surface area contributed by atoms with Crippen molar-refractivity contribution in [3.05, 3.63) is 53.1 Å². The van der Waals surface area contributed by atoms with Crippen LogP contribution < -0.4 is 14.5 Å². The monoisotopic (exact) mass is 333 g/mol. The predicted octanol–water partition coefficient (Wildman–Crippen LogP) is 1.96. The van der Waals surface area contributed by atoms with Crippen molar-refractivity contribution in [3.8, 4) is 11.5 Å². The number of aromatic hydroxyl groups is 1. The molecule has 2 aromatic rings. The van der Waals surface area contributed by atoms with E-state index in [-0.39, 0.29) is 5.75 Å².